The molecular formula is C12H13NOS. The first-order valence-electron chi connectivity index (χ1n) is 4.81. The van der Waals surface area contributed by atoms with Gasteiger partial charge in [0.2, 0.25) is 0 Å². The van der Waals surface area contributed by atoms with Crippen molar-refractivity contribution in [1.82, 2.24) is 0 Å². The van der Waals surface area contributed by atoms with Crippen LogP contribution >= 0.6 is 11.3 Å². The van der Waals surface area contributed by atoms with E-state index in [1.807, 2.05) is 30.5 Å². The highest BCUT2D eigenvalue weighted by Gasteiger charge is 2.00. The highest BCUT2D eigenvalue weighted by atomic mass is 32.1. The van der Waals surface area contributed by atoms with Crippen LogP contribution in [0, 0.1) is 6.92 Å². The van der Waals surface area contributed by atoms with Crippen LogP contribution in [0.1, 0.15) is 10.4 Å². The molecule has 0 unspecified atom stereocenters. The Kier molecular flexibility index (Phi) is 2.92. The third-order valence-electron chi connectivity index (χ3n) is 2.19. The van der Waals surface area contributed by atoms with Crippen molar-refractivity contribution in [3.8, 4) is 5.75 Å². The van der Waals surface area contributed by atoms with Crippen LogP contribution in [0.15, 0.2) is 35.7 Å². The van der Waals surface area contributed by atoms with Gasteiger partial charge >= 0.3 is 0 Å². The van der Waals surface area contributed by atoms with E-state index in [9.17, 15) is 5.11 Å². The smallest absolute Gasteiger partial charge is 0.138 e. The summed E-state index contributed by atoms with van der Waals surface area (Å²) in [4.78, 5) is 1.26. The molecule has 2 nitrogen and oxygen atoms in total. The maximum absolute atomic E-state index is 9.60. The largest absolute Gasteiger partial charge is 0.506 e. The molecule has 1 aromatic carbocycles. The highest BCUT2D eigenvalue weighted by Crippen LogP contribution is 2.24. The summed E-state index contributed by atoms with van der Waals surface area (Å²) in [5, 5.41) is 14.9. The van der Waals surface area contributed by atoms with Gasteiger partial charge in [0.15, 0.2) is 0 Å². The molecule has 2 aromatic rings. The molecule has 0 aliphatic heterocycles. The number of aryl methyl sites for hydroxylation is 1. The van der Waals surface area contributed by atoms with Gasteiger partial charge in [-0.3, -0.25) is 0 Å². The van der Waals surface area contributed by atoms with Gasteiger partial charge in [-0.1, -0.05) is 12.1 Å². The number of hydrogen-bond donors (Lipinski definition) is 2. The second kappa shape index (κ2) is 4.36. The normalized spacial score (nSPS) is 10.2. The Labute approximate surface area is 93.2 Å². The molecule has 0 atom stereocenters. The van der Waals surface area contributed by atoms with E-state index in [-0.39, 0.29) is 0 Å². The standard InChI is InChI=1S/C12H13NOS/c1-9-4-5-12(14)11(7-9)13-8-10-3-2-6-15-10/h2-7,13-14H,8H2,1H3. The summed E-state index contributed by atoms with van der Waals surface area (Å²) in [5.41, 5.74) is 1.94. The van der Waals surface area contributed by atoms with E-state index in [1.165, 1.54) is 4.88 Å². The monoisotopic (exact) mass is 219 g/mol. The number of thiophene rings is 1. The molecule has 3 heteroatoms. The zero-order valence-corrected chi connectivity index (χ0v) is 9.34. The van der Waals surface area contributed by atoms with E-state index in [4.69, 9.17) is 0 Å². The van der Waals surface area contributed by atoms with E-state index >= 15 is 0 Å². The summed E-state index contributed by atoms with van der Waals surface area (Å²) in [5.74, 6) is 0.303. The second-order valence-electron chi connectivity index (χ2n) is 3.45. The summed E-state index contributed by atoms with van der Waals surface area (Å²) < 4.78 is 0. The van der Waals surface area contributed by atoms with Gasteiger partial charge in [0.25, 0.3) is 0 Å². The van der Waals surface area contributed by atoms with Crippen molar-refractivity contribution in [2.75, 3.05) is 5.32 Å². The molecule has 0 amide bonds. The van der Waals surface area contributed by atoms with E-state index in [1.54, 1.807) is 17.4 Å². The fraction of sp³-hybridized carbons (Fsp3) is 0.167. The van der Waals surface area contributed by atoms with Crippen LogP contribution in [0.5, 0.6) is 5.75 Å². The van der Waals surface area contributed by atoms with Gasteiger partial charge in [0.05, 0.1) is 5.69 Å². The summed E-state index contributed by atoms with van der Waals surface area (Å²) in [7, 11) is 0. The van der Waals surface area contributed by atoms with Crippen LogP contribution in [0.25, 0.3) is 0 Å². The van der Waals surface area contributed by atoms with Gasteiger partial charge in [0.1, 0.15) is 5.75 Å². The zero-order chi connectivity index (χ0) is 10.7. The van der Waals surface area contributed by atoms with Crippen LogP contribution in [0.3, 0.4) is 0 Å². The fourth-order valence-electron chi connectivity index (χ4n) is 1.39. The van der Waals surface area contributed by atoms with E-state index in [2.05, 4.69) is 11.4 Å². The molecule has 0 saturated carbocycles. The molecule has 0 spiro atoms. The van der Waals surface area contributed by atoms with Gasteiger partial charge in [0, 0.05) is 11.4 Å². The molecular weight excluding hydrogens is 206 g/mol. The molecule has 15 heavy (non-hydrogen) atoms. The third kappa shape index (κ3) is 2.50. The number of hydrogen-bond acceptors (Lipinski definition) is 3. The summed E-state index contributed by atoms with van der Waals surface area (Å²) in [6.45, 7) is 2.77. The number of anilines is 1. The maximum atomic E-state index is 9.60. The van der Waals surface area contributed by atoms with E-state index in [0.717, 1.165) is 17.8 Å². The molecule has 0 aliphatic carbocycles. The van der Waals surface area contributed by atoms with Crippen LogP contribution in [-0.4, -0.2) is 5.11 Å². The SMILES string of the molecule is Cc1ccc(O)c(NCc2cccs2)c1. The Morgan fingerprint density at radius 3 is 2.93 bits per heavy atom. The molecule has 0 aliphatic rings. The Morgan fingerprint density at radius 1 is 1.33 bits per heavy atom. The lowest BCUT2D eigenvalue weighted by Gasteiger charge is -2.07. The Morgan fingerprint density at radius 2 is 2.20 bits per heavy atom. The lowest BCUT2D eigenvalue weighted by atomic mass is 10.2. The number of phenolic OH excluding ortho intramolecular Hbond substituents is 1. The number of rotatable bonds is 3. The first-order chi connectivity index (χ1) is 7.25. The summed E-state index contributed by atoms with van der Waals surface area (Å²) in [6, 6.07) is 9.66. The summed E-state index contributed by atoms with van der Waals surface area (Å²) in [6.07, 6.45) is 0. The van der Waals surface area contributed by atoms with Crippen molar-refractivity contribution in [2.45, 2.75) is 13.5 Å². The van der Waals surface area contributed by atoms with E-state index in [0.29, 0.717) is 5.75 Å². The minimum atomic E-state index is 0.303. The molecule has 1 heterocycles. The average molecular weight is 219 g/mol. The van der Waals surface area contributed by atoms with Crippen LogP contribution in [-0.2, 0) is 6.54 Å². The van der Waals surface area contributed by atoms with Crippen LogP contribution in [0.2, 0.25) is 0 Å². The number of phenols is 1. The quantitative estimate of drug-likeness (QED) is 0.776. The van der Waals surface area contributed by atoms with Gasteiger partial charge in [-0.15, -0.1) is 11.3 Å². The number of aromatic hydroxyl groups is 1. The minimum absolute atomic E-state index is 0.303. The Bertz CT molecular complexity index is 437. The van der Waals surface area contributed by atoms with Crippen LogP contribution in [0.4, 0.5) is 5.69 Å². The first kappa shape index (κ1) is 10.1. The third-order valence-corrected chi connectivity index (χ3v) is 3.06. The first-order valence-corrected chi connectivity index (χ1v) is 5.69. The molecule has 2 N–H and O–H groups in total. The van der Waals surface area contributed by atoms with Gasteiger partial charge in [-0.05, 0) is 36.1 Å². The van der Waals surface area contributed by atoms with Gasteiger partial charge < -0.3 is 10.4 Å². The van der Waals surface area contributed by atoms with Crippen molar-refractivity contribution in [3.05, 3.63) is 46.2 Å². The Hall–Kier alpha value is -1.48. The van der Waals surface area contributed by atoms with E-state index < -0.39 is 0 Å². The minimum Gasteiger partial charge on any atom is -0.506 e. The lowest BCUT2D eigenvalue weighted by Crippen LogP contribution is -1.97. The van der Waals surface area contributed by atoms with Crippen molar-refractivity contribution in [3.63, 3.8) is 0 Å². The maximum Gasteiger partial charge on any atom is 0.138 e. The van der Waals surface area contributed by atoms with Crippen molar-refractivity contribution in [2.24, 2.45) is 0 Å². The summed E-state index contributed by atoms with van der Waals surface area (Å²) >= 11 is 1.71. The van der Waals surface area contributed by atoms with Crippen molar-refractivity contribution < 1.29 is 5.11 Å². The lowest BCUT2D eigenvalue weighted by molar-refractivity contribution is 0.477. The van der Waals surface area contributed by atoms with Crippen molar-refractivity contribution >= 4 is 17.0 Å². The molecule has 1 aromatic heterocycles. The topological polar surface area (TPSA) is 32.3 Å². The second-order valence-corrected chi connectivity index (χ2v) is 4.49. The fourth-order valence-corrected chi connectivity index (χ4v) is 2.03. The van der Waals surface area contributed by atoms with Crippen molar-refractivity contribution in [1.29, 1.82) is 0 Å². The molecule has 0 radical (unpaired) electrons. The highest BCUT2D eigenvalue weighted by molar-refractivity contribution is 7.09. The predicted molar refractivity (Wildman–Crippen MR) is 64.5 cm³/mol. The predicted octanol–water partition coefficient (Wildman–Crippen LogP) is 3.37. The van der Waals surface area contributed by atoms with Gasteiger partial charge in [-0.25, -0.2) is 0 Å². The van der Waals surface area contributed by atoms with Crippen LogP contribution < -0.4 is 5.32 Å². The molecule has 0 fully saturated rings. The average Bonchev–Trinajstić information content (AvgIpc) is 2.72. The molecule has 78 valence electrons. The molecule has 0 bridgehead atoms. The molecule has 2 rings (SSSR count). The molecule has 0 saturated heterocycles. The van der Waals surface area contributed by atoms with Gasteiger partial charge in [-0.2, -0.15) is 0 Å². The zero-order valence-electron chi connectivity index (χ0n) is 8.53. The Balaban J connectivity index is 2.07. The number of nitrogens with one attached hydrogen (secondary N) is 1. The number of benzene rings is 1.